The molecule has 0 aliphatic carbocycles. The first-order valence-corrected chi connectivity index (χ1v) is 12.3. The fraction of sp³-hybridized carbons (Fsp3) is 0.120. The number of nitro groups is 1. The number of benzene rings is 3. The van der Waals surface area contributed by atoms with Crippen LogP contribution >= 0.6 is 27.3 Å². The molecule has 5 rings (SSSR count). The van der Waals surface area contributed by atoms with Crippen molar-refractivity contribution in [2.75, 3.05) is 6.79 Å². The topological polar surface area (TPSA) is 91.2 Å². The van der Waals surface area contributed by atoms with E-state index in [1.807, 2.05) is 54.8 Å². The Bertz CT molecular complexity index is 1560. The molecule has 8 nitrogen and oxygen atoms in total. The molecule has 0 spiro atoms. The predicted molar refractivity (Wildman–Crippen MR) is 139 cm³/mol. The number of nitrogens with zero attached hydrogens (tertiary/aromatic N) is 4. The SMILES string of the molecule is Cc1ccc(N=c2scc(-c3ccccc3Br)n2N=Cc2cc3c(cc2[N+](=O)[O-])OCO3)cc1C. The van der Waals surface area contributed by atoms with Crippen molar-refractivity contribution in [3.63, 3.8) is 0 Å². The zero-order valence-electron chi connectivity index (χ0n) is 18.8. The van der Waals surface area contributed by atoms with Crippen LogP contribution in [0.25, 0.3) is 11.3 Å². The van der Waals surface area contributed by atoms with E-state index in [0.717, 1.165) is 27.0 Å². The standard InChI is InChI=1S/C25H19BrN4O4S/c1-15-7-8-18(9-16(15)2)28-25-29(22(13-35-25)19-5-3-4-6-20(19)26)27-12-17-10-23-24(34-14-33-23)11-21(17)30(31)32/h3-13H,14H2,1-2H3. The first-order valence-electron chi connectivity index (χ1n) is 10.6. The molecule has 0 amide bonds. The van der Waals surface area contributed by atoms with Crippen LogP contribution in [0.1, 0.15) is 16.7 Å². The summed E-state index contributed by atoms with van der Waals surface area (Å²) in [5.41, 5.74) is 5.01. The normalized spacial score (nSPS) is 13.1. The van der Waals surface area contributed by atoms with Gasteiger partial charge in [-0.1, -0.05) is 40.2 Å². The molecule has 10 heteroatoms. The summed E-state index contributed by atoms with van der Waals surface area (Å²) in [5, 5.41) is 18.3. The Labute approximate surface area is 213 Å². The van der Waals surface area contributed by atoms with E-state index in [9.17, 15) is 10.1 Å². The van der Waals surface area contributed by atoms with Crippen molar-refractivity contribution in [2.45, 2.75) is 13.8 Å². The van der Waals surface area contributed by atoms with Gasteiger partial charge in [0.2, 0.25) is 11.6 Å². The van der Waals surface area contributed by atoms with Gasteiger partial charge in [0.25, 0.3) is 5.69 Å². The number of fused-ring (bicyclic) bond motifs is 1. The first-order chi connectivity index (χ1) is 16.9. The lowest BCUT2D eigenvalue weighted by atomic mass is 10.1. The summed E-state index contributed by atoms with van der Waals surface area (Å²) in [6, 6.07) is 16.7. The Balaban J connectivity index is 1.67. The largest absolute Gasteiger partial charge is 0.454 e. The molecule has 0 radical (unpaired) electrons. The summed E-state index contributed by atoms with van der Waals surface area (Å²) in [4.78, 5) is 16.7. The second-order valence-electron chi connectivity index (χ2n) is 7.84. The van der Waals surface area contributed by atoms with Crippen LogP contribution in [0.15, 0.2) is 74.5 Å². The van der Waals surface area contributed by atoms with E-state index in [0.29, 0.717) is 21.9 Å². The van der Waals surface area contributed by atoms with E-state index in [1.54, 1.807) is 10.7 Å². The van der Waals surface area contributed by atoms with Crippen molar-refractivity contribution in [1.29, 1.82) is 0 Å². The van der Waals surface area contributed by atoms with Gasteiger partial charge in [0.15, 0.2) is 11.5 Å². The second kappa shape index (κ2) is 9.47. The van der Waals surface area contributed by atoms with Crippen LogP contribution in [0.5, 0.6) is 11.5 Å². The number of ether oxygens (including phenoxy) is 2. The zero-order valence-corrected chi connectivity index (χ0v) is 21.2. The minimum atomic E-state index is -0.462. The second-order valence-corrected chi connectivity index (χ2v) is 9.53. The van der Waals surface area contributed by atoms with Gasteiger partial charge in [-0.2, -0.15) is 5.10 Å². The lowest BCUT2D eigenvalue weighted by Gasteiger charge is -2.06. The molecule has 0 bridgehead atoms. The van der Waals surface area contributed by atoms with Gasteiger partial charge in [-0.3, -0.25) is 10.1 Å². The van der Waals surface area contributed by atoms with Crippen LogP contribution in [-0.2, 0) is 0 Å². The Morgan fingerprint density at radius 3 is 2.60 bits per heavy atom. The zero-order chi connectivity index (χ0) is 24.5. The average molecular weight is 551 g/mol. The summed E-state index contributed by atoms with van der Waals surface area (Å²) < 4.78 is 13.3. The van der Waals surface area contributed by atoms with E-state index in [4.69, 9.17) is 14.5 Å². The molecule has 4 aromatic rings. The summed E-state index contributed by atoms with van der Waals surface area (Å²) in [6.45, 7) is 4.12. The molecular formula is C25H19BrN4O4S. The molecule has 0 fully saturated rings. The molecule has 0 unspecified atom stereocenters. The highest BCUT2D eigenvalue weighted by atomic mass is 79.9. The third kappa shape index (κ3) is 4.62. The summed E-state index contributed by atoms with van der Waals surface area (Å²) in [7, 11) is 0. The molecule has 1 aliphatic heterocycles. The maximum absolute atomic E-state index is 11.7. The lowest BCUT2D eigenvalue weighted by Crippen LogP contribution is -2.12. The third-order valence-corrected chi connectivity index (χ3v) is 7.09. The van der Waals surface area contributed by atoms with Crippen molar-refractivity contribution in [1.82, 2.24) is 4.68 Å². The van der Waals surface area contributed by atoms with E-state index < -0.39 is 4.92 Å². The molecule has 0 N–H and O–H groups in total. The van der Waals surface area contributed by atoms with E-state index >= 15 is 0 Å². The van der Waals surface area contributed by atoms with Crippen LogP contribution in [0.3, 0.4) is 0 Å². The Morgan fingerprint density at radius 2 is 1.86 bits per heavy atom. The van der Waals surface area contributed by atoms with Crippen LogP contribution < -0.4 is 14.3 Å². The van der Waals surface area contributed by atoms with Gasteiger partial charge in [0.1, 0.15) is 0 Å². The molecule has 3 aromatic carbocycles. The molecule has 0 saturated heterocycles. The minimum Gasteiger partial charge on any atom is -0.454 e. The number of aryl methyl sites for hydroxylation is 2. The van der Waals surface area contributed by atoms with Crippen LogP contribution in [0, 0.1) is 24.0 Å². The molecule has 35 heavy (non-hydrogen) atoms. The highest BCUT2D eigenvalue weighted by Gasteiger charge is 2.22. The fourth-order valence-electron chi connectivity index (χ4n) is 3.58. The van der Waals surface area contributed by atoms with Gasteiger partial charge < -0.3 is 9.47 Å². The predicted octanol–water partition coefficient (Wildman–Crippen LogP) is 6.35. The highest BCUT2D eigenvalue weighted by Crippen LogP contribution is 2.37. The molecular weight excluding hydrogens is 532 g/mol. The van der Waals surface area contributed by atoms with Gasteiger partial charge in [0.05, 0.1) is 34.1 Å². The maximum Gasteiger partial charge on any atom is 0.282 e. The minimum absolute atomic E-state index is 0.0253. The Hall–Kier alpha value is -3.76. The highest BCUT2D eigenvalue weighted by molar-refractivity contribution is 9.10. The van der Waals surface area contributed by atoms with Gasteiger partial charge in [-0.15, -0.1) is 11.3 Å². The van der Waals surface area contributed by atoms with Crippen molar-refractivity contribution >= 4 is 44.9 Å². The van der Waals surface area contributed by atoms with E-state index in [2.05, 4.69) is 28.0 Å². The molecule has 1 aromatic heterocycles. The Morgan fingerprint density at radius 1 is 1.09 bits per heavy atom. The van der Waals surface area contributed by atoms with Gasteiger partial charge in [-0.25, -0.2) is 9.67 Å². The van der Waals surface area contributed by atoms with E-state index in [-0.39, 0.29) is 12.5 Å². The number of rotatable bonds is 5. The molecule has 2 heterocycles. The number of nitro benzene ring substituents is 1. The first kappa shape index (κ1) is 23.0. The smallest absolute Gasteiger partial charge is 0.282 e. The van der Waals surface area contributed by atoms with Gasteiger partial charge >= 0.3 is 0 Å². The third-order valence-electron chi connectivity index (χ3n) is 5.58. The number of hydrogen-bond acceptors (Lipinski definition) is 7. The number of halogens is 1. The van der Waals surface area contributed by atoms with Crippen LogP contribution in [0.4, 0.5) is 11.4 Å². The molecule has 176 valence electrons. The average Bonchev–Trinajstić information content (AvgIpc) is 3.46. The number of aromatic nitrogens is 1. The van der Waals surface area contributed by atoms with Crippen molar-refractivity contribution in [3.8, 4) is 22.8 Å². The van der Waals surface area contributed by atoms with Gasteiger partial charge in [-0.05, 0) is 49.2 Å². The summed E-state index contributed by atoms with van der Waals surface area (Å²) in [5.74, 6) is 0.787. The quantitative estimate of drug-likeness (QED) is 0.164. The summed E-state index contributed by atoms with van der Waals surface area (Å²) >= 11 is 5.04. The van der Waals surface area contributed by atoms with Crippen molar-refractivity contribution in [3.05, 3.63) is 96.1 Å². The van der Waals surface area contributed by atoms with Crippen LogP contribution in [0.2, 0.25) is 0 Å². The van der Waals surface area contributed by atoms with Gasteiger partial charge in [0, 0.05) is 15.4 Å². The van der Waals surface area contributed by atoms with E-state index in [1.165, 1.54) is 29.2 Å². The molecule has 0 atom stereocenters. The number of hydrogen-bond donors (Lipinski definition) is 0. The van der Waals surface area contributed by atoms with Crippen LogP contribution in [-0.4, -0.2) is 22.6 Å². The summed E-state index contributed by atoms with van der Waals surface area (Å²) in [6.07, 6.45) is 1.45. The maximum atomic E-state index is 11.7. The van der Waals surface area contributed by atoms with Crippen molar-refractivity contribution in [2.24, 2.45) is 10.1 Å². The monoisotopic (exact) mass is 550 g/mol. The Kier molecular flexibility index (Phi) is 6.23. The molecule has 1 aliphatic rings. The van der Waals surface area contributed by atoms with Crippen molar-refractivity contribution < 1.29 is 14.4 Å². The fourth-order valence-corrected chi connectivity index (χ4v) is 4.91. The number of thiazole rings is 1. The lowest BCUT2D eigenvalue weighted by molar-refractivity contribution is -0.385. The molecule has 0 saturated carbocycles.